The Morgan fingerprint density at radius 1 is 1.11 bits per heavy atom. The Labute approximate surface area is 162 Å². The first-order valence-electron chi connectivity index (χ1n) is 8.40. The molecule has 1 heterocycles. The molecule has 140 valence electrons. The molecule has 0 saturated heterocycles. The van der Waals surface area contributed by atoms with Gasteiger partial charge in [-0.2, -0.15) is 0 Å². The number of nitrogens with zero attached hydrogens (tertiary/aromatic N) is 2. The second-order valence-electron chi connectivity index (χ2n) is 5.73. The molecule has 0 aliphatic rings. The van der Waals surface area contributed by atoms with Crippen molar-refractivity contribution in [3.63, 3.8) is 0 Å². The highest BCUT2D eigenvalue weighted by Gasteiger charge is 2.19. The second-order valence-corrected chi connectivity index (χ2v) is 7.04. The Kier molecular flexibility index (Phi) is 6.03. The van der Waals surface area contributed by atoms with E-state index in [1.807, 2.05) is 66.2 Å². The van der Waals surface area contributed by atoms with Crippen LogP contribution in [-0.4, -0.2) is 34.9 Å². The predicted molar refractivity (Wildman–Crippen MR) is 107 cm³/mol. The summed E-state index contributed by atoms with van der Waals surface area (Å²) in [5, 5.41) is 3.31. The molecule has 0 aliphatic heterocycles. The summed E-state index contributed by atoms with van der Waals surface area (Å²) < 4.78 is 12.4. The number of anilines is 1. The standard InChI is InChI=1S/C20H21N3O3S/c1-14(19(24)22-17-6-4-5-7-18(17)26-3)27-20-21-12-13-23(20)15-8-10-16(25-2)11-9-15/h4-14H,1-3H3,(H,22,24). The van der Waals surface area contributed by atoms with Crippen LogP contribution in [0.2, 0.25) is 0 Å². The molecule has 1 aromatic heterocycles. The SMILES string of the molecule is COc1ccc(-n2ccnc2SC(C)C(=O)Nc2ccccc2OC)cc1. The molecule has 0 aliphatic carbocycles. The molecular weight excluding hydrogens is 362 g/mol. The van der Waals surface area contributed by atoms with Gasteiger partial charge >= 0.3 is 0 Å². The Balaban J connectivity index is 1.71. The maximum atomic E-state index is 12.6. The van der Waals surface area contributed by atoms with Gasteiger partial charge in [-0.1, -0.05) is 23.9 Å². The third-order valence-electron chi connectivity index (χ3n) is 3.97. The number of amides is 1. The number of nitrogens with one attached hydrogen (secondary N) is 1. The molecule has 0 radical (unpaired) electrons. The van der Waals surface area contributed by atoms with E-state index >= 15 is 0 Å². The summed E-state index contributed by atoms with van der Waals surface area (Å²) in [6, 6.07) is 15.0. The van der Waals surface area contributed by atoms with Gasteiger partial charge < -0.3 is 14.8 Å². The van der Waals surface area contributed by atoms with Crippen LogP contribution in [0.25, 0.3) is 5.69 Å². The average molecular weight is 383 g/mol. The Morgan fingerprint density at radius 2 is 1.85 bits per heavy atom. The van der Waals surface area contributed by atoms with E-state index in [0.717, 1.165) is 16.6 Å². The molecule has 0 fully saturated rings. The fourth-order valence-corrected chi connectivity index (χ4v) is 3.39. The minimum atomic E-state index is -0.339. The molecule has 6 nitrogen and oxygen atoms in total. The van der Waals surface area contributed by atoms with Gasteiger partial charge in [0, 0.05) is 18.1 Å². The number of aromatic nitrogens is 2. The zero-order chi connectivity index (χ0) is 19.2. The average Bonchev–Trinajstić information content (AvgIpc) is 3.16. The van der Waals surface area contributed by atoms with Crippen LogP contribution in [0, 0.1) is 0 Å². The first-order chi connectivity index (χ1) is 13.1. The Bertz CT molecular complexity index is 909. The highest BCUT2D eigenvalue weighted by Crippen LogP contribution is 2.28. The van der Waals surface area contributed by atoms with E-state index in [0.29, 0.717) is 11.4 Å². The highest BCUT2D eigenvalue weighted by atomic mass is 32.2. The van der Waals surface area contributed by atoms with E-state index < -0.39 is 0 Å². The summed E-state index contributed by atoms with van der Waals surface area (Å²) >= 11 is 1.39. The van der Waals surface area contributed by atoms with E-state index in [1.54, 1.807) is 20.4 Å². The molecule has 1 unspecified atom stereocenters. The van der Waals surface area contributed by atoms with Crippen LogP contribution in [0.4, 0.5) is 5.69 Å². The molecule has 0 spiro atoms. The number of para-hydroxylation sites is 2. The summed E-state index contributed by atoms with van der Waals surface area (Å²) in [5.41, 5.74) is 1.60. The minimum Gasteiger partial charge on any atom is -0.497 e. The largest absolute Gasteiger partial charge is 0.497 e. The van der Waals surface area contributed by atoms with E-state index in [-0.39, 0.29) is 11.2 Å². The number of methoxy groups -OCH3 is 2. The van der Waals surface area contributed by atoms with Crippen LogP contribution in [0.1, 0.15) is 6.92 Å². The van der Waals surface area contributed by atoms with E-state index in [2.05, 4.69) is 10.3 Å². The van der Waals surface area contributed by atoms with Crippen LogP contribution < -0.4 is 14.8 Å². The van der Waals surface area contributed by atoms with Gasteiger partial charge in [0.05, 0.1) is 25.2 Å². The van der Waals surface area contributed by atoms with Crippen LogP contribution in [0.3, 0.4) is 0 Å². The molecule has 1 atom stereocenters. The van der Waals surface area contributed by atoms with Crippen molar-refractivity contribution in [1.82, 2.24) is 9.55 Å². The van der Waals surface area contributed by atoms with Gasteiger partial charge in [0.1, 0.15) is 11.5 Å². The zero-order valence-electron chi connectivity index (χ0n) is 15.4. The van der Waals surface area contributed by atoms with Gasteiger partial charge in [-0.15, -0.1) is 0 Å². The number of carbonyl (C=O) groups excluding carboxylic acids is 1. The van der Waals surface area contributed by atoms with Crippen molar-refractivity contribution < 1.29 is 14.3 Å². The van der Waals surface area contributed by atoms with Crippen molar-refractivity contribution in [1.29, 1.82) is 0 Å². The third kappa shape index (κ3) is 4.43. The molecule has 1 N–H and O–H groups in total. The van der Waals surface area contributed by atoms with Crippen molar-refractivity contribution in [2.75, 3.05) is 19.5 Å². The van der Waals surface area contributed by atoms with Crippen molar-refractivity contribution in [3.8, 4) is 17.2 Å². The number of ether oxygens (including phenoxy) is 2. The normalized spacial score (nSPS) is 11.7. The van der Waals surface area contributed by atoms with E-state index in [9.17, 15) is 4.79 Å². The number of imidazole rings is 1. The summed E-state index contributed by atoms with van der Waals surface area (Å²) in [6.07, 6.45) is 3.59. The molecule has 2 aromatic carbocycles. The molecule has 0 bridgehead atoms. The maximum Gasteiger partial charge on any atom is 0.237 e. The second kappa shape index (κ2) is 8.64. The lowest BCUT2D eigenvalue weighted by Gasteiger charge is -2.15. The lowest BCUT2D eigenvalue weighted by atomic mass is 10.3. The van der Waals surface area contributed by atoms with Gasteiger partial charge in [0.2, 0.25) is 5.91 Å². The Morgan fingerprint density at radius 3 is 2.56 bits per heavy atom. The minimum absolute atomic E-state index is 0.117. The lowest BCUT2D eigenvalue weighted by molar-refractivity contribution is -0.115. The maximum absolute atomic E-state index is 12.6. The van der Waals surface area contributed by atoms with Crippen molar-refractivity contribution in [2.24, 2.45) is 0 Å². The van der Waals surface area contributed by atoms with E-state index in [4.69, 9.17) is 9.47 Å². The van der Waals surface area contributed by atoms with Gasteiger partial charge in [-0.25, -0.2) is 4.98 Å². The first-order valence-corrected chi connectivity index (χ1v) is 9.28. The molecular formula is C20H21N3O3S. The summed E-state index contributed by atoms with van der Waals surface area (Å²) in [4.78, 5) is 17.0. The van der Waals surface area contributed by atoms with Crippen LogP contribution in [-0.2, 0) is 4.79 Å². The molecule has 3 rings (SSSR count). The van der Waals surface area contributed by atoms with Crippen molar-refractivity contribution in [3.05, 3.63) is 60.9 Å². The predicted octanol–water partition coefficient (Wildman–Crippen LogP) is 4.01. The number of benzene rings is 2. The topological polar surface area (TPSA) is 65.4 Å². The molecule has 7 heteroatoms. The van der Waals surface area contributed by atoms with Gasteiger partial charge in [-0.05, 0) is 43.3 Å². The lowest BCUT2D eigenvalue weighted by Crippen LogP contribution is -2.23. The number of hydrogen-bond acceptors (Lipinski definition) is 5. The van der Waals surface area contributed by atoms with E-state index in [1.165, 1.54) is 11.8 Å². The summed E-state index contributed by atoms with van der Waals surface area (Å²) in [6.45, 7) is 1.85. The smallest absolute Gasteiger partial charge is 0.237 e. The monoisotopic (exact) mass is 383 g/mol. The zero-order valence-corrected chi connectivity index (χ0v) is 16.2. The van der Waals surface area contributed by atoms with Crippen LogP contribution >= 0.6 is 11.8 Å². The summed E-state index contributed by atoms with van der Waals surface area (Å²) in [7, 11) is 3.21. The first kappa shape index (κ1) is 18.8. The fraction of sp³-hybridized carbons (Fsp3) is 0.200. The number of thioether (sulfide) groups is 1. The highest BCUT2D eigenvalue weighted by molar-refractivity contribution is 8.00. The third-order valence-corrected chi connectivity index (χ3v) is 5.05. The van der Waals surface area contributed by atoms with Crippen molar-refractivity contribution in [2.45, 2.75) is 17.3 Å². The molecule has 27 heavy (non-hydrogen) atoms. The molecule has 3 aromatic rings. The Hall–Kier alpha value is -2.93. The van der Waals surface area contributed by atoms with Crippen LogP contribution in [0.5, 0.6) is 11.5 Å². The van der Waals surface area contributed by atoms with Gasteiger partial charge in [-0.3, -0.25) is 9.36 Å². The molecule has 1 amide bonds. The quantitative estimate of drug-likeness (QED) is 0.625. The number of carbonyl (C=O) groups is 1. The van der Waals surface area contributed by atoms with Crippen LogP contribution in [0.15, 0.2) is 66.1 Å². The summed E-state index contributed by atoms with van der Waals surface area (Å²) in [5.74, 6) is 1.30. The number of hydrogen-bond donors (Lipinski definition) is 1. The van der Waals surface area contributed by atoms with Gasteiger partial charge in [0.25, 0.3) is 0 Å². The number of rotatable bonds is 7. The fourth-order valence-electron chi connectivity index (χ4n) is 2.51. The molecule has 0 saturated carbocycles. The van der Waals surface area contributed by atoms with Crippen molar-refractivity contribution >= 4 is 23.4 Å². The van der Waals surface area contributed by atoms with Gasteiger partial charge in [0.15, 0.2) is 5.16 Å².